The molecular weight excluding hydrogens is 328 g/mol. The van der Waals surface area contributed by atoms with Crippen molar-refractivity contribution in [3.63, 3.8) is 0 Å². The fourth-order valence-corrected chi connectivity index (χ4v) is 2.54. The molecule has 0 bridgehead atoms. The molecule has 2 heterocycles. The minimum Gasteiger partial charge on any atom is -0.461 e. The molecule has 124 valence electrons. The molecule has 0 aliphatic heterocycles. The largest absolute Gasteiger partial charge is 0.461 e. The third kappa shape index (κ3) is 3.02. The van der Waals surface area contributed by atoms with Gasteiger partial charge in [0.1, 0.15) is 0 Å². The van der Waals surface area contributed by atoms with Gasteiger partial charge in [-0.25, -0.2) is 9.78 Å². The van der Waals surface area contributed by atoms with Crippen molar-refractivity contribution in [2.24, 2.45) is 7.05 Å². The first-order chi connectivity index (χ1) is 11.6. The molecule has 0 fully saturated rings. The van der Waals surface area contributed by atoms with E-state index >= 15 is 0 Å². The van der Waals surface area contributed by atoms with E-state index in [0.29, 0.717) is 11.0 Å². The number of carbonyl (C=O) groups is 1. The quantitative estimate of drug-likeness (QED) is 0.557. The Kier molecular flexibility index (Phi) is 4.61. The lowest BCUT2D eigenvalue weighted by atomic mass is 10.2. The standard InChI is InChI=1S/C15H16N6O2S/c1-4-23-14(22)12-13(18-15(24-3)20-19-12)17-10-6-5-7-11-9(10)8-16-21(11)2/h5-8H,4H2,1-3H3,(H,17,18,20). The van der Waals surface area contributed by atoms with Gasteiger partial charge in [0, 0.05) is 12.4 Å². The second kappa shape index (κ2) is 6.83. The topological polar surface area (TPSA) is 94.8 Å². The fraction of sp³-hybridized carbons (Fsp3) is 0.267. The third-order valence-corrected chi connectivity index (χ3v) is 3.90. The Morgan fingerprint density at radius 3 is 2.96 bits per heavy atom. The lowest BCUT2D eigenvalue weighted by Gasteiger charge is -2.10. The minimum atomic E-state index is -0.564. The van der Waals surface area contributed by atoms with Gasteiger partial charge >= 0.3 is 5.97 Å². The number of ether oxygens (including phenoxy) is 1. The Labute approximate surface area is 142 Å². The van der Waals surface area contributed by atoms with Crippen LogP contribution in [0.3, 0.4) is 0 Å². The number of hydrogen-bond donors (Lipinski definition) is 1. The molecule has 0 saturated carbocycles. The molecule has 0 aliphatic carbocycles. The van der Waals surface area contributed by atoms with Crippen LogP contribution in [-0.2, 0) is 11.8 Å². The molecule has 9 heteroatoms. The second-order valence-corrected chi connectivity index (χ2v) is 5.62. The third-order valence-electron chi connectivity index (χ3n) is 3.36. The van der Waals surface area contributed by atoms with E-state index in [1.807, 2.05) is 31.5 Å². The average Bonchev–Trinajstić information content (AvgIpc) is 2.97. The molecule has 0 unspecified atom stereocenters. The van der Waals surface area contributed by atoms with Crippen molar-refractivity contribution in [3.05, 3.63) is 30.1 Å². The van der Waals surface area contributed by atoms with Crippen molar-refractivity contribution in [3.8, 4) is 0 Å². The van der Waals surface area contributed by atoms with Crippen LogP contribution in [0.2, 0.25) is 0 Å². The van der Waals surface area contributed by atoms with E-state index in [0.717, 1.165) is 16.6 Å². The first kappa shape index (κ1) is 16.2. The number of aryl methyl sites for hydroxylation is 1. The molecule has 3 rings (SSSR count). The van der Waals surface area contributed by atoms with Crippen LogP contribution >= 0.6 is 11.8 Å². The smallest absolute Gasteiger partial charge is 0.362 e. The van der Waals surface area contributed by atoms with E-state index in [4.69, 9.17) is 4.74 Å². The summed E-state index contributed by atoms with van der Waals surface area (Å²) < 4.78 is 6.80. The van der Waals surface area contributed by atoms with Gasteiger partial charge in [-0.2, -0.15) is 5.10 Å². The summed E-state index contributed by atoms with van der Waals surface area (Å²) in [5.41, 5.74) is 1.79. The second-order valence-electron chi connectivity index (χ2n) is 4.85. The van der Waals surface area contributed by atoms with Crippen LogP contribution in [0.4, 0.5) is 11.5 Å². The van der Waals surface area contributed by atoms with Crippen LogP contribution in [0.15, 0.2) is 29.6 Å². The molecule has 24 heavy (non-hydrogen) atoms. The minimum absolute atomic E-state index is 0.0514. The van der Waals surface area contributed by atoms with Crippen molar-refractivity contribution < 1.29 is 9.53 Å². The molecule has 8 nitrogen and oxygen atoms in total. The molecule has 0 aliphatic rings. The summed E-state index contributed by atoms with van der Waals surface area (Å²) >= 11 is 1.34. The van der Waals surface area contributed by atoms with E-state index in [1.54, 1.807) is 17.8 Å². The lowest BCUT2D eigenvalue weighted by molar-refractivity contribution is 0.0518. The van der Waals surface area contributed by atoms with Crippen molar-refractivity contribution in [1.82, 2.24) is 25.0 Å². The summed E-state index contributed by atoms with van der Waals surface area (Å²) in [5, 5.41) is 16.7. The van der Waals surface area contributed by atoms with E-state index in [2.05, 4.69) is 25.6 Å². The normalized spacial score (nSPS) is 10.8. The van der Waals surface area contributed by atoms with Crippen LogP contribution in [0, 0.1) is 0 Å². The maximum Gasteiger partial charge on any atom is 0.362 e. The predicted octanol–water partition coefficient (Wildman–Crippen LogP) is 2.40. The highest BCUT2D eigenvalue weighted by Gasteiger charge is 2.19. The van der Waals surface area contributed by atoms with Gasteiger partial charge in [-0.15, -0.1) is 10.2 Å². The van der Waals surface area contributed by atoms with Gasteiger partial charge < -0.3 is 10.1 Å². The van der Waals surface area contributed by atoms with E-state index in [9.17, 15) is 4.79 Å². The van der Waals surface area contributed by atoms with Crippen LogP contribution < -0.4 is 5.32 Å². The van der Waals surface area contributed by atoms with Crippen LogP contribution in [0.25, 0.3) is 10.9 Å². The molecule has 1 aromatic carbocycles. The Hall–Kier alpha value is -2.68. The highest BCUT2D eigenvalue weighted by atomic mass is 32.2. The van der Waals surface area contributed by atoms with E-state index in [-0.39, 0.29) is 12.3 Å². The zero-order valence-electron chi connectivity index (χ0n) is 13.5. The van der Waals surface area contributed by atoms with Gasteiger partial charge in [-0.1, -0.05) is 17.8 Å². The highest BCUT2D eigenvalue weighted by Crippen LogP contribution is 2.27. The number of nitrogens with zero attached hydrogens (tertiary/aromatic N) is 5. The summed E-state index contributed by atoms with van der Waals surface area (Å²) in [6.45, 7) is 1.99. The Bertz CT molecular complexity index is 895. The molecule has 0 radical (unpaired) electrons. The maximum atomic E-state index is 12.1. The number of rotatable bonds is 5. The zero-order chi connectivity index (χ0) is 17.1. The molecule has 1 N–H and O–H groups in total. The molecule has 0 amide bonds. The van der Waals surface area contributed by atoms with Crippen molar-refractivity contribution in [1.29, 1.82) is 0 Å². The maximum absolute atomic E-state index is 12.1. The number of anilines is 2. The van der Waals surface area contributed by atoms with Crippen molar-refractivity contribution >= 4 is 40.1 Å². The highest BCUT2D eigenvalue weighted by molar-refractivity contribution is 7.98. The molecule has 3 aromatic rings. The van der Waals surface area contributed by atoms with Crippen molar-refractivity contribution in [2.45, 2.75) is 12.1 Å². The van der Waals surface area contributed by atoms with Gasteiger partial charge in [0.05, 0.1) is 24.0 Å². The molecule has 0 spiro atoms. The molecular formula is C15H16N6O2S. The number of esters is 1. The number of benzene rings is 1. The molecule has 0 saturated heterocycles. The Balaban J connectivity index is 2.05. The first-order valence-electron chi connectivity index (χ1n) is 7.27. The van der Waals surface area contributed by atoms with E-state index < -0.39 is 5.97 Å². The number of hydrogen-bond acceptors (Lipinski definition) is 8. The summed E-state index contributed by atoms with van der Waals surface area (Å²) in [6, 6.07) is 5.76. The van der Waals surface area contributed by atoms with Gasteiger partial charge in [-0.05, 0) is 25.3 Å². The monoisotopic (exact) mass is 344 g/mol. The van der Waals surface area contributed by atoms with Crippen LogP contribution in [0.1, 0.15) is 17.4 Å². The SMILES string of the molecule is CCOC(=O)c1nnc(SC)nc1Nc1cccc2c1cnn2C. The van der Waals surface area contributed by atoms with E-state index in [1.165, 1.54) is 11.8 Å². The van der Waals surface area contributed by atoms with Gasteiger partial charge in [0.15, 0.2) is 5.82 Å². The predicted molar refractivity (Wildman–Crippen MR) is 91.6 cm³/mol. The fourth-order valence-electron chi connectivity index (χ4n) is 2.24. The van der Waals surface area contributed by atoms with Gasteiger partial charge in [-0.3, -0.25) is 4.68 Å². The van der Waals surface area contributed by atoms with Crippen molar-refractivity contribution in [2.75, 3.05) is 18.2 Å². The summed E-state index contributed by atoms with van der Waals surface area (Å²) in [5.74, 6) is -0.254. The Morgan fingerprint density at radius 2 is 2.21 bits per heavy atom. The molecule has 2 aromatic heterocycles. The average molecular weight is 344 g/mol. The van der Waals surface area contributed by atoms with Crippen LogP contribution in [0.5, 0.6) is 0 Å². The number of nitrogens with one attached hydrogen (secondary N) is 1. The number of thioether (sulfide) groups is 1. The first-order valence-corrected chi connectivity index (χ1v) is 8.50. The summed E-state index contributed by atoms with van der Waals surface area (Å²) in [7, 11) is 1.87. The van der Waals surface area contributed by atoms with Crippen LogP contribution in [-0.4, -0.2) is 43.8 Å². The molecule has 0 atom stereocenters. The number of carbonyl (C=O) groups excluding carboxylic acids is 1. The zero-order valence-corrected chi connectivity index (χ0v) is 14.3. The van der Waals surface area contributed by atoms with Gasteiger partial charge in [0.25, 0.3) is 0 Å². The summed E-state index contributed by atoms with van der Waals surface area (Å²) in [4.78, 5) is 16.4. The number of aromatic nitrogens is 5. The van der Waals surface area contributed by atoms with Gasteiger partial charge in [0.2, 0.25) is 10.9 Å². The summed E-state index contributed by atoms with van der Waals surface area (Å²) in [6.07, 6.45) is 3.60. The number of fused-ring (bicyclic) bond motifs is 1. The Morgan fingerprint density at radius 1 is 1.38 bits per heavy atom. The lowest BCUT2D eigenvalue weighted by Crippen LogP contribution is -2.13.